The molecule has 0 aliphatic heterocycles. The topological polar surface area (TPSA) is 35.2 Å². The highest BCUT2D eigenvalue weighted by atomic mass is 79.9. The normalized spacial score (nSPS) is 12.2. The van der Waals surface area contributed by atoms with E-state index in [4.69, 9.17) is 33.7 Å². The zero-order chi connectivity index (χ0) is 15.4. The second-order valence-electron chi connectivity index (χ2n) is 4.78. The van der Waals surface area contributed by atoms with Crippen LogP contribution in [0.1, 0.15) is 18.9 Å². The van der Waals surface area contributed by atoms with Crippen molar-refractivity contribution in [3.05, 3.63) is 56.5 Å². The van der Waals surface area contributed by atoms with Gasteiger partial charge in [-0.15, -0.1) is 0 Å². The number of benzene rings is 2. The van der Waals surface area contributed by atoms with E-state index in [0.717, 1.165) is 16.5 Å². The van der Waals surface area contributed by atoms with Crippen molar-refractivity contribution in [1.82, 2.24) is 0 Å². The van der Waals surface area contributed by atoms with Crippen molar-refractivity contribution in [2.75, 3.05) is 0 Å². The van der Waals surface area contributed by atoms with Crippen LogP contribution in [0, 0.1) is 0 Å². The summed E-state index contributed by atoms with van der Waals surface area (Å²) in [5, 5.41) is 1.08. The third-order valence-electron chi connectivity index (χ3n) is 3.16. The minimum atomic E-state index is 0.0730. The van der Waals surface area contributed by atoms with Crippen LogP contribution in [0.5, 0.6) is 11.5 Å². The van der Waals surface area contributed by atoms with Gasteiger partial charge in [0.2, 0.25) is 0 Å². The third-order valence-corrected chi connectivity index (χ3v) is 4.26. The van der Waals surface area contributed by atoms with E-state index in [-0.39, 0.29) is 6.04 Å². The fraction of sp³-hybridized carbons (Fsp3) is 0.250. The maximum absolute atomic E-state index is 6.28. The van der Waals surface area contributed by atoms with Crippen LogP contribution in [0.15, 0.2) is 40.9 Å². The number of rotatable bonds is 5. The fourth-order valence-electron chi connectivity index (χ4n) is 1.92. The van der Waals surface area contributed by atoms with E-state index in [1.807, 2.05) is 24.3 Å². The molecule has 0 fully saturated rings. The van der Waals surface area contributed by atoms with Crippen LogP contribution >= 0.6 is 39.1 Å². The second kappa shape index (κ2) is 7.50. The van der Waals surface area contributed by atoms with Crippen LogP contribution < -0.4 is 10.5 Å². The highest BCUT2D eigenvalue weighted by molar-refractivity contribution is 9.10. The zero-order valence-electron chi connectivity index (χ0n) is 11.6. The Kier molecular flexibility index (Phi) is 5.94. The average molecular weight is 389 g/mol. The van der Waals surface area contributed by atoms with Gasteiger partial charge >= 0.3 is 0 Å². The van der Waals surface area contributed by atoms with E-state index in [1.165, 1.54) is 0 Å². The molecule has 112 valence electrons. The molecule has 0 bridgehead atoms. The molecule has 0 saturated heterocycles. The molecule has 1 unspecified atom stereocenters. The molecule has 0 aliphatic rings. The van der Waals surface area contributed by atoms with Crippen molar-refractivity contribution in [3.8, 4) is 11.5 Å². The van der Waals surface area contributed by atoms with Crippen LogP contribution in [0.2, 0.25) is 10.0 Å². The Bertz CT molecular complexity index is 634. The molecule has 0 heterocycles. The Hall–Kier alpha value is -0.740. The number of para-hydroxylation sites is 1. The van der Waals surface area contributed by atoms with Crippen LogP contribution in [0.3, 0.4) is 0 Å². The molecule has 0 radical (unpaired) electrons. The van der Waals surface area contributed by atoms with E-state index in [0.29, 0.717) is 28.0 Å². The van der Waals surface area contributed by atoms with E-state index >= 15 is 0 Å². The Labute approximate surface area is 143 Å². The molecule has 1 atom stereocenters. The van der Waals surface area contributed by atoms with Gasteiger partial charge in [0.05, 0.1) is 10.0 Å². The first kappa shape index (κ1) is 16.6. The standard InChI is InChI=1S/C16H16BrCl2NO/c1-2-12(20)8-10-4-3-5-14(19)16(10)21-15-9-11(17)6-7-13(15)18/h3-7,9,12H,2,8,20H2,1H3. The summed E-state index contributed by atoms with van der Waals surface area (Å²) in [6.45, 7) is 2.06. The lowest BCUT2D eigenvalue weighted by Crippen LogP contribution is -2.21. The monoisotopic (exact) mass is 387 g/mol. The lowest BCUT2D eigenvalue weighted by molar-refractivity contribution is 0.472. The van der Waals surface area contributed by atoms with Gasteiger partial charge in [-0.25, -0.2) is 0 Å². The fourth-order valence-corrected chi connectivity index (χ4v) is 2.65. The maximum Gasteiger partial charge on any atom is 0.149 e. The molecule has 2 N–H and O–H groups in total. The number of hydrogen-bond donors (Lipinski definition) is 1. The minimum Gasteiger partial charge on any atom is -0.454 e. The molecule has 0 spiro atoms. The van der Waals surface area contributed by atoms with E-state index in [2.05, 4.69) is 22.9 Å². The summed E-state index contributed by atoms with van der Waals surface area (Å²) in [5.74, 6) is 1.17. The second-order valence-corrected chi connectivity index (χ2v) is 6.51. The minimum absolute atomic E-state index is 0.0730. The largest absolute Gasteiger partial charge is 0.454 e. The average Bonchev–Trinajstić information content (AvgIpc) is 2.46. The van der Waals surface area contributed by atoms with E-state index < -0.39 is 0 Å². The van der Waals surface area contributed by atoms with Crippen LogP contribution in [-0.4, -0.2) is 6.04 Å². The van der Waals surface area contributed by atoms with Gasteiger partial charge in [-0.1, -0.05) is 58.2 Å². The summed E-state index contributed by atoms with van der Waals surface area (Å²) in [6.07, 6.45) is 1.60. The molecule has 0 amide bonds. The van der Waals surface area contributed by atoms with Crippen LogP contribution in [-0.2, 0) is 6.42 Å². The Morgan fingerprint density at radius 3 is 2.67 bits per heavy atom. The molecule has 21 heavy (non-hydrogen) atoms. The number of ether oxygens (including phenoxy) is 1. The Balaban J connectivity index is 2.36. The van der Waals surface area contributed by atoms with Gasteiger partial charge in [0.25, 0.3) is 0 Å². The summed E-state index contributed by atoms with van der Waals surface area (Å²) >= 11 is 15.9. The van der Waals surface area contributed by atoms with Crippen molar-refractivity contribution in [2.45, 2.75) is 25.8 Å². The smallest absolute Gasteiger partial charge is 0.149 e. The first-order valence-corrected chi connectivity index (χ1v) is 8.22. The number of nitrogens with two attached hydrogens (primary N) is 1. The summed E-state index contributed by atoms with van der Waals surface area (Å²) < 4.78 is 6.84. The van der Waals surface area contributed by atoms with Gasteiger partial charge in [-0.3, -0.25) is 0 Å². The summed E-state index contributed by atoms with van der Waals surface area (Å²) in [7, 11) is 0. The van der Waals surface area contributed by atoms with Gasteiger partial charge in [0, 0.05) is 10.5 Å². The molecule has 0 aliphatic carbocycles. The van der Waals surface area contributed by atoms with Gasteiger partial charge in [0.1, 0.15) is 11.5 Å². The molecule has 5 heteroatoms. The third kappa shape index (κ3) is 4.36. The van der Waals surface area contributed by atoms with Crippen molar-refractivity contribution in [3.63, 3.8) is 0 Å². The van der Waals surface area contributed by atoms with Gasteiger partial charge in [-0.05, 0) is 42.7 Å². The Morgan fingerprint density at radius 1 is 1.19 bits per heavy atom. The van der Waals surface area contributed by atoms with Gasteiger partial charge in [-0.2, -0.15) is 0 Å². The zero-order valence-corrected chi connectivity index (χ0v) is 14.7. The van der Waals surface area contributed by atoms with E-state index in [9.17, 15) is 0 Å². The first-order chi connectivity index (χ1) is 10.0. The van der Waals surface area contributed by atoms with Crippen LogP contribution in [0.25, 0.3) is 0 Å². The van der Waals surface area contributed by atoms with E-state index in [1.54, 1.807) is 12.1 Å². The van der Waals surface area contributed by atoms with Gasteiger partial charge < -0.3 is 10.5 Å². The molecule has 2 aromatic rings. The first-order valence-electron chi connectivity index (χ1n) is 6.67. The van der Waals surface area contributed by atoms with Crippen molar-refractivity contribution >= 4 is 39.1 Å². The van der Waals surface area contributed by atoms with Gasteiger partial charge in [0.15, 0.2) is 0 Å². The molecular weight excluding hydrogens is 373 g/mol. The van der Waals surface area contributed by atoms with Crippen molar-refractivity contribution in [2.24, 2.45) is 5.73 Å². The maximum atomic E-state index is 6.28. The van der Waals surface area contributed by atoms with Crippen molar-refractivity contribution in [1.29, 1.82) is 0 Å². The predicted octanol–water partition coefficient (Wildman–Crippen LogP) is 5.83. The highest BCUT2D eigenvalue weighted by Crippen LogP contribution is 2.37. The predicted molar refractivity (Wildman–Crippen MR) is 92.6 cm³/mol. The SMILES string of the molecule is CCC(N)Cc1cccc(Cl)c1Oc1cc(Br)ccc1Cl. The van der Waals surface area contributed by atoms with Crippen molar-refractivity contribution < 1.29 is 4.74 Å². The number of halogens is 3. The molecule has 2 aromatic carbocycles. The molecule has 0 saturated carbocycles. The number of hydrogen-bond acceptors (Lipinski definition) is 2. The summed E-state index contributed by atoms with van der Waals surface area (Å²) in [5.41, 5.74) is 7.02. The highest BCUT2D eigenvalue weighted by Gasteiger charge is 2.14. The molecular formula is C16H16BrCl2NO. The molecule has 2 nitrogen and oxygen atoms in total. The molecule has 2 rings (SSSR count). The quantitative estimate of drug-likeness (QED) is 0.699. The summed E-state index contributed by atoms with van der Waals surface area (Å²) in [4.78, 5) is 0. The lowest BCUT2D eigenvalue weighted by Gasteiger charge is -2.16. The Morgan fingerprint density at radius 2 is 1.95 bits per heavy atom. The lowest BCUT2D eigenvalue weighted by atomic mass is 10.0. The summed E-state index contributed by atoms with van der Waals surface area (Å²) in [6, 6.07) is 11.2. The molecule has 0 aromatic heterocycles. The van der Waals surface area contributed by atoms with Crippen LogP contribution in [0.4, 0.5) is 0 Å².